The summed E-state index contributed by atoms with van der Waals surface area (Å²) in [4.78, 5) is 12.8. The molecule has 0 aromatic heterocycles. The van der Waals surface area contributed by atoms with Crippen LogP contribution in [0, 0.1) is 11.3 Å². The van der Waals surface area contributed by atoms with Crippen molar-refractivity contribution in [2.45, 2.75) is 19.9 Å². The standard InChI is InChI=1S/C16H20N2O3/c1-3-18(10-4-9-17)12-14-11-15(21-2)7-5-13(14)6-8-16(19)20/h5-8,11H,3-4,10,12H2,1-2H3,(H,19,20). The van der Waals surface area contributed by atoms with Crippen LogP contribution in [0.15, 0.2) is 24.3 Å². The number of hydrogen-bond acceptors (Lipinski definition) is 4. The number of hydrogen-bond donors (Lipinski definition) is 1. The van der Waals surface area contributed by atoms with Crippen LogP contribution in [-0.2, 0) is 11.3 Å². The zero-order chi connectivity index (χ0) is 15.7. The maximum atomic E-state index is 10.7. The van der Waals surface area contributed by atoms with E-state index in [0.717, 1.165) is 29.5 Å². The van der Waals surface area contributed by atoms with Gasteiger partial charge in [0.1, 0.15) is 5.75 Å². The molecule has 0 radical (unpaired) electrons. The molecule has 1 aromatic rings. The highest BCUT2D eigenvalue weighted by Gasteiger charge is 2.08. The second kappa shape index (κ2) is 8.77. The summed E-state index contributed by atoms with van der Waals surface area (Å²) >= 11 is 0. The Morgan fingerprint density at radius 3 is 2.86 bits per heavy atom. The molecule has 0 aliphatic heterocycles. The topological polar surface area (TPSA) is 73.6 Å². The predicted molar refractivity (Wildman–Crippen MR) is 80.8 cm³/mol. The summed E-state index contributed by atoms with van der Waals surface area (Å²) in [6.45, 7) is 4.19. The third-order valence-electron chi connectivity index (χ3n) is 3.14. The lowest BCUT2D eigenvalue weighted by atomic mass is 10.1. The number of ether oxygens (including phenoxy) is 1. The molecule has 0 unspecified atom stereocenters. The highest BCUT2D eigenvalue weighted by atomic mass is 16.5. The van der Waals surface area contributed by atoms with Crippen LogP contribution in [0.4, 0.5) is 0 Å². The molecule has 0 atom stereocenters. The van der Waals surface area contributed by atoms with E-state index in [1.807, 2.05) is 19.1 Å². The van der Waals surface area contributed by atoms with Crippen molar-refractivity contribution in [1.82, 2.24) is 4.90 Å². The van der Waals surface area contributed by atoms with E-state index >= 15 is 0 Å². The van der Waals surface area contributed by atoms with Gasteiger partial charge in [-0.05, 0) is 35.9 Å². The van der Waals surface area contributed by atoms with E-state index in [1.54, 1.807) is 19.3 Å². The second-order valence-corrected chi connectivity index (χ2v) is 4.51. The van der Waals surface area contributed by atoms with E-state index in [-0.39, 0.29) is 0 Å². The van der Waals surface area contributed by atoms with Gasteiger partial charge in [0.2, 0.25) is 0 Å². The number of carboxylic acids is 1. The first-order valence-electron chi connectivity index (χ1n) is 6.78. The molecule has 0 aliphatic rings. The van der Waals surface area contributed by atoms with Gasteiger partial charge >= 0.3 is 5.97 Å². The van der Waals surface area contributed by atoms with Crippen LogP contribution < -0.4 is 4.74 Å². The zero-order valence-corrected chi connectivity index (χ0v) is 12.4. The fourth-order valence-electron chi connectivity index (χ4n) is 1.97. The molecule has 0 bridgehead atoms. The lowest BCUT2D eigenvalue weighted by Crippen LogP contribution is -2.24. The Hall–Kier alpha value is -2.32. The molecule has 0 heterocycles. The van der Waals surface area contributed by atoms with Crippen LogP contribution in [0.1, 0.15) is 24.5 Å². The van der Waals surface area contributed by atoms with Crippen molar-refractivity contribution < 1.29 is 14.6 Å². The van der Waals surface area contributed by atoms with Crippen LogP contribution >= 0.6 is 0 Å². The molecule has 0 aliphatic carbocycles. The third-order valence-corrected chi connectivity index (χ3v) is 3.14. The molecule has 0 fully saturated rings. The molecule has 1 N–H and O–H groups in total. The van der Waals surface area contributed by atoms with E-state index in [2.05, 4.69) is 11.0 Å². The van der Waals surface area contributed by atoms with Gasteiger partial charge < -0.3 is 9.84 Å². The van der Waals surface area contributed by atoms with E-state index in [0.29, 0.717) is 19.5 Å². The van der Waals surface area contributed by atoms with Crippen molar-refractivity contribution in [1.29, 1.82) is 5.26 Å². The molecule has 0 saturated carbocycles. The van der Waals surface area contributed by atoms with Crippen LogP contribution in [0.5, 0.6) is 5.75 Å². The van der Waals surface area contributed by atoms with Gasteiger partial charge in [-0.3, -0.25) is 4.90 Å². The van der Waals surface area contributed by atoms with Gasteiger partial charge in [-0.15, -0.1) is 0 Å². The molecular weight excluding hydrogens is 268 g/mol. The Morgan fingerprint density at radius 2 is 2.29 bits per heavy atom. The molecule has 0 saturated heterocycles. The summed E-state index contributed by atoms with van der Waals surface area (Å²) < 4.78 is 5.22. The molecule has 0 amide bonds. The number of rotatable bonds is 8. The van der Waals surface area contributed by atoms with Crippen molar-refractivity contribution in [3.05, 3.63) is 35.4 Å². The number of nitriles is 1. The first-order valence-corrected chi connectivity index (χ1v) is 6.78. The summed E-state index contributed by atoms with van der Waals surface area (Å²) in [6.07, 6.45) is 3.17. The molecule has 5 heteroatoms. The average Bonchev–Trinajstić information content (AvgIpc) is 2.49. The average molecular weight is 288 g/mol. The number of methoxy groups -OCH3 is 1. The van der Waals surface area contributed by atoms with Gasteiger partial charge in [-0.2, -0.15) is 5.26 Å². The number of nitrogens with zero attached hydrogens (tertiary/aromatic N) is 2. The van der Waals surface area contributed by atoms with Crippen molar-refractivity contribution in [3.63, 3.8) is 0 Å². The zero-order valence-electron chi connectivity index (χ0n) is 12.4. The maximum Gasteiger partial charge on any atom is 0.328 e. The molecule has 1 aromatic carbocycles. The van der Waals surface area contributed by atoms with E-state index < -0.39 is 5.97 Å². The van der Waals surface area contributed by atoms with Gasteiger partial charge in [0, 0.05) is 25.6 Å². The number of carbonyl (C=O) groups is 1. The largest absolute Gasteiger partial charge is 0.497 e. The lowest BCUT2D eigenvalue weighted by molar-refractivity contribution is -0.131. The Morgan fingerprint density at radius 1 is 1.52 bits per heavy atom. The van der Waals surface area contributed by atoms with Gasteiger partial charge in [-0.25, -0.2) is 4.79 Å². The molecule has 112 valence electrons. The fourth-order valence-corrected chi connectivity index (χ4v) is 1.97. The predicted octanol–water partition coefficient (Wildman–Crippen LogP) is 2.53. The first-order chi connectivity index (χ1) is 10.1. The van der Waals surface area contributed by atoms with Crippen LogP contribution in [0.2, 0.25) is 0 Å². The molecule has 5 nitrogen and oxygen atoms in total. The number of benzene rings is 1. The lowest BCUT2D eigenvalue weighted by Gasteiger charge is -2.20. The van der Waals surface area contributed by atoms with Crippen LogP contribution in [-0.4, -0.2) is 36.2 Å². The van der Waals surface area contributed by atoms with Gasteiger partial charge in [-0.1, -0.05) is 13.0 Å². The minimum Gasteiger partial charge on any atom is -0.497 e. The maximum absolute atomic E-state index is 10.7. The Labute approximate surface area is 125 Å². The van der Waals surface area contributed by atoms with Crippen molar-refractivity contribution in [3.8, 4) is 11.8 Å². The summed E-state index contributed by atoms with van der Waals surface area (Å²) in [7, 11) is 1.60. The number of aliphatic carboxylic acids is 1. The molecule has 0 spiro atoms. The summed E-state index contributed by atoms with van der Waals surface area (Å²) in [5.41, 5.74) is 1.82. The fraction of sp³-hybridized carbons (Fsp3) is 0.375. The Kier molecular flexibility index (Phi) is 6.99. The SMILES string of the molecule is CCN(CCC#N)Cc1cc(OC)ccc1C=CC(=O)O. The minimum atomic E-state index is -0.978. The molecule has 1 rings (SSSR count). The van der Waals surface area contributed by atoms with Crippen molar-refractivity contribution in [2.75, 3.05) is 20.2 Å². The number of carboxylic acid groups (broad SMARTS) is 1. The van der Waals surface area contributed by atoms with E-state index in [9.17, 15) is 4.79 Å². The summed E-state index contributed by atoms with van der Waals surface area (Å²) in [5, 5.41) is 17.4. The normalized spacial score (nSPS) is 10.8. The highest BCUT2D eigenvalue weighted by Crippen LogP contribution is 2.20. The van der Waals surface area contributed by atoms with Gasteiger partial charge in [0.25, 0.3) is 0 Å². The van der Waals surface area contributed by atoms with Crippen LogP contribution in [0.3, 0.4) is 0 Å². The van der Waals surface area contributed by atoms with Gasteiger partial charge in [0.15, 0.2) is 0 Å². The van der Waals surface area contributed by atoms with E-state index in [1.165, 1.54) is 0 Å². The summed E-state index contributed by atoms with van der Waals surface area (Å²) in [5.74, 6) is -0.248. The smallest absolute Gasteiger partial charge is 0.328 e. The Bertz CT molecular complexity index is 547. The molecule has 21 heavy (non-hydrogen) atoms. The van der Waals surface area contributed by atoms with Crippen molar-refractivity contribution in [2.24, 2.45) is 0 Å². The quantitative estimate of drug-likeness (QED) is 0.744. The third kappa shape index (κ3) is 5.67. The van der Waals surface area contributed by atoms with E-state index in [4.69, 9.17) is 15.1 Å². The van der Waals surface area contributed by atoms with Crippen molar-refractivity contribution >= 4 is 12.0 Å². The van der Waals surface area contributed by atoms with Crippen LogP contribution in [0.25, 0.3) is 6.08 Å². The van der Waals surface area contributed by atoms with Gasteiger partial charge in [0.05, 0.1) is 13.2 Å². The molecular formula is C16H20N2O3. The first kappa shape index (κ1) is 16.7. The highest BCUT2D eigenvalue weighted by molar-refractivity contribution is 5.85. The minimum absolute atomic E-state index is 0.470. The second-order valence-electron chi connectivity index (χ2n) is 4.51. The monoisotopic (exact) mass is 288 g/mol. The summed E-state index contributed by atoms with van der Waals surface area (Å²) in [6, 6.07) is 7.68. The Balaban J connectivity index is 3.00.